The Morgan fingerprint density at radius 1 is 1.65 bits per heavy atom. The summed E-state index contributed by atoms with van der Waals surface area (Å²) in [4.78, 5) is 10.2. The number of aliphatic imine (C=N–C) groups is 1. The quantitative estimate of drug-likeness (QED) is 0.583. The number of pyridine rings is 1. The summed E-state index contributed by atoms with van der Waals surface area (Å²) in [6.07, 6.45) is 3.61. The van der Waals surface area contributed by atoms with Crippen LogP contribution in [0.1, 0.15) is 11.1 Å². The number of nitriles is 1. The zero-order valence-corrected chi connectivity index (χ0v) is 9.51. The number of allylic oxidation sites excluding steroid dienone is 1. The number of H-pyrrole nitrogens is 1. The fourth-order valence-corrected chi connectivity index (χ4v) is 1.87. The molecule has 1 aliphatic heterocycles. The van der Waals surface area contributed by atoms with Gasteiger partial charge in [0.25, 0.3) is 0 Å². The molecule has 0 aliphatic carbocycles. The second kappa shape index (κ2) is 4.20. The molecule has 0 unspecified atom stereocenters. The van der Waals surface area contributed by atoms with E-state index in [0.29, 0.717) is 17.8 Å². The first-order valence-electron chi connectivity index (χ1n) is 4.73. The zero-order valence-electron chi connectivity index (χ0n) is 8.69. The second-order valence-corrected chi connectivity index (χ2v) is 3.73. The topological polar surface area (TPSA) is 82.3 Å². The molecule has 1 aliphatic rings. The predicted molar refractivity (Wildman–Crippen MR) is 67.6 cm³/mol. The van der Waals surface area contributed by atoms with Crippen molar-refractivity contribution in [1.82, 2.24) is 4.98 Å². The van der Waals surface area contributed by atoms with Crippen molar-refractivity contribution in [1.29, 1.82) is 5.26 Å². The van der Waals surface area contributed by atoms with Gasteiger partial charge in [0.2, 0.25) is 5.69 Å². The predicted octanol–water partition coefficient (Wildman–Crippen LogP) is 2.11. The maximum atomic E-state index is 9.11. The summed E-state index contributed by atoms with van der Waals surface area (Å²) >= 11 is 5.03. The molecule has 0 saturated heterocycles. The van der Waals surface area contributed by atoms with E-state index in [1.54, 1.807) is 6.08 Å². The van der Waals surface area contributed by atoms with Gasteiger partial charge in [0.1, 0.15) is 16.5 Å². The molecule has 1 aromatic rings. The lowest BCUT2D eigenvalue weighted by Gasteiger charge is -2.08. The van der Waals surface area contributed by atoms with Crippen LogP contribution in [0.15, 0.2) is 17.1 Å². The summed E-state index contributed by atoms with van der Waals surface area (Å²) in [6.45, 7) is 7.68. The van der Waals surface area contributed by atoms with E-state index < -0.39 is 0 Å². The Bertz CT molecular complexity index is 682. The van der Waals surface area contributed by atoms with Crippen LogP contribution >= 0.6 is 12.2 Å². The average molecular weight is 241 g/mol. The van der Waals surface area contributed by atoms with E-state index in [2.05, 4.69) is 14.8 Å². The van der Waals surface area contributed by atoms with E-state index in [0.717, 1.165) is 0 Å². The first-order valence-corrected chi connectivity index (χ1v) is 5.14. The van der Waals surface area contributed by atoms with E-state index in [4.69, 9.17) is 29.8 Å². The number of nitrogens with zero attached hydrogens (tertiary/aromatic N) is 3. The number of nitrogen functional groups attached to an aromatic ring is 1. The Balaban J connectivity index is 2.89. The van der Waals surface area contributed by atoms with Crippen LogP contribution < -0.4 is 5.73 Å². The summed E-state index contributed by atoms with van der Waals surface area (Å²) in [6, 6.07) is 1.99. The molecule has 0 fully saturated rings. The van der Waals surface area contributed by atoms with Crippen molar-refractivity contribution >= 4 is 29.4 Å². The van der Waals surface area contributed by atoms with E-state index >= 15 is 0 Å². The van der Waals surface area contributed by atoms with E-state index in [-0.39, 0.29) is 21.7 Å². The highest BCUT2D eigenvalue weighted by molar-refractivity contribution is 7.71. The number of aromatic nitrogens is 1. The largest absolute Gasteiger partial charge is 0.394 e. The molecule has 0 aromatic carbocycles. The highest BCUT2D eigenvalue weighted by Gasteiger charge is 2.19. The van der Waals surface area contributed by atoms with Crippen LogP contribution in [0.4, 0.5) is 11.5 Å². The lowest BCUT2D eigenvalue weighted by Crippen LogP contribution is -2.04. The smallest absolute Gasteiger partial charge is 0.236 e. The van der Waals surface area contributed by atoms with Crippen LogP contribution in [0.5, 0.6) is 0 Å². The molecule has 82 valence electrons. The van der Waals surface area contributed by atoms with Crippen molar-refractivity contribution in [3.8, 4) is 6.07 Å². The molecule has 1 aromatic heterocycles. The van der Waals surface area contributed by atoms with Gasteiger partial charge in [-0.3, -0.25) is 4.99 Å². The maximum absolute atomic E-state index is 9.11. The van der Waals surface area contributed by atoms with Crippen molar-refractivity contribution in [2.75, 3.05) is 12.3 Å². The SMILES string of the molecule is [C-]#[N+]c1c(N)[nH]c(=S)c(C#N)c1C1=NCC=C1. The summed E-state index contributed by atoms with van der Waals surface area (Å²) in [5.41, 5.74) is 7.15. The molecule has 0 spiro atoms. The molecule has 0 saturated carbocycles. The Labute approximate surface area is 103 Å². The van der Waals surface area contributed by atoms with E-state index in [1.807, 2.05) is 12.1 Å². The van der Waals surface area contributed by atoms with Gasteiger partial charge in [-0.25, -0.2) is 4.85 Å². The molecule has 5 nitrogen and oxygen atoms in total. The van der Waals surface area contributed by atoms with Gasteiger partial charge in [0, 0.05) is 5.56 Å². The average Bonchev–Trinajstić information content (AvgIpc) is 2.81. The number of nitrogens with one attached hydrogen (secondary N) is 1. The minimum absolute atomic E-state index is 0.169. The Morgan fingerprint density at radius 2 is 2.41 bits per heavy atom. The number of hydrogen-bond donors (Lipinski definition) is 2. The third kappa shape index (κ3) is 1.71. The van der Waals surface area contributed by atoms with Crippen LogP contribution in [0, 0.1) is 22.5 Å². The molecule has 0 atom stereocenters. The van der Waals surface area contributed by atoms with Crippen LogP contribution in [0.25, 0.3) is 4.85 Å². The Kier molecular flexibility index (Phi) is 2.73. The molecule has 0 radical (unpaired) electrons. The maximum Gasteiger partial charge on any atom is 0.236 e. The molecule has 0 bridgehead atoms. The summed E-state index contributed by atoms with van der Waals surface area (Å²) in [7, 11) is 0. The van der Waals surface area contributed by atoms with E-state index in [9.17, 15) is 0 Å². The van der Waals surface area contributed by atoms with Crippen molar-refractivity contribution < 1.29 is 0 Å². The fraction of sp³-hybridized carbons (Fsp3) is 0.0909. The summed E-state index contributed by atoms with van der Waals surface area (Å²) in [5, 5.41) is 9.11. The van der Waals surface area contributed by atoms with E-state index in [1.165, 1.54) is 0 Å². The van der Waals surface area contributed by atoms with Gasteiger partial charge in [-0.15, -0.1) is 0 Å². The van der Waals surface area contributed by atoms with Crippen LogP contribution in [-0.2, 0) is 0 Å². The normalized spacial score (nSPS) is 12.9. The third-order valence-corrected chi connectivity index (χ3v) is 2.65. The van der Waals surface area contributed by atoms with Crippen LogP contribution in [0.3, 0.4) is 0 Å². The molecule has 6 heteroatoms. The molecule has 0 amide bonds. The fourth-order valence-electron chi connectivity index (χ4n) is 1.61. The highest BCUT2D eigenvalue weighted by atomic mass is 32.1. The van der Waals surface area contributed by atoms with Gasteiger partial charge in [0.15, 0.2) is 0 Å². The molecule has 2 heterocycles. The Morgan fingerprint density at radius 3 is 2.94 bits per heavy atom. The number of rotatable bonds is 1. The molecular weight excluding hydrogens is 234 g/mol. The summed E-state index contributed by atoms with van der Waals surface area (Å²) in [5.74, 6) is 0.169. The van der Waals surface area contributed by atoms with Crippen molar-refractivity contribution in [3.63, 3.8) is 0 Å². The van der Waals surface area contributed by atoms with Gasteiger partial charge in [0.05, 0.1) is 24.4 Å². The highest BCUT2D eigenvalue weighted by Crippen LogP contribution is 2.30. The Hall–Kier alpha value is -2.44. The number of nitrogens with two attached hydrogens (primary N) is 1. The minimum atomic E-state index is 0.169. The standard InChI is InChI=1S/C11H7N5S/c1-14-9-8(7-3-2-4-15-7)6(5-12)11(17)16-10(9)13/h2-3H,4H2,(H3,13,16,17). The second-order valence-electron chi connectivity index (χ2n) is 3.32. The first-order chi connectivity index (χ1) is 8.19. The van der Waals surface area contributed by atoms with Gasteiger partial charge in [-0.1, -0.05) is 18.3 Å². The number of hydrogen-bond acceptors (Lipinski definition) is 4. The lowest BCUT2D eigenvalue weighted by molar-refractivity contribution is 1.26. The lowest BCUT2D eigenvalue weighted by atomic mass is 10.0. The monoisotopic (exact) mass is 241 g/mol. The minimum Gasteiger partial charge on any atom is -0.394 e. The molecule has 17 heavy (non-hydrogen) atoms. The van der Waals surface area contributed by atoms with Crippen molar-refractivity contribution in [2.24, 2.45) is 4.99 Å². The van der Waals surface area contributed by atoms with Crippen molar-refractivity contribution in [2.45, 2.75) is 0 Å². The van der Waals surface area contributed by atoms with Gasteiger partial charge >= 0.3 is 0 Å². The number of aromatic amines is 1. The van der Waals surface area contributed by atoms with Gasteiger partial charge in [-0.05, 0) is 6.08 Å². The molecular formula is C11H7N5S. The zero-order chi connectivity index (χ0) is 12.4. The first kappa shape index (κ1) is 11.1. The van der Waals surface area contributed by atoms with Gasteiger partial charge < -0.3 is 10.7 Å². The number of anilines is 1. The molecule has 2 rings (SSSR count). The van der Waals surface area contributed by atoms with Crippen LogP contribution in [-0.4, -0.2) is 17.2 Å². The van der Waals surface area contributed by atoms with Crippen LogP contribution in [0.2, 0.25) is 0 Å². The third-order valence-electron chi connectivity index (χ3n) is 2.34. The van der Waals surface area contributed by atoms with Gasteiger partial charge in [-0.2, -0.15) is 5.26 Å². The molecule has 3 N–H and O–H groups in total. The summed E-state index contributed by atoms with van der Waals surface area (Å²) < 4.78 is 0.232. The van der Waals surface area contributed by atoms with Crippen molar-refractivity contribution in [3.05, 3.63) is 39.3 Å².